The van der Waals surface area contributed by atoms with E-state index in [-0.39, 0.29) is 6.42 Å². The SMILES string of the molecule is COc1cccc(-c2nc3ccc(C)cn3c2CCC(=O)O)c1. The minimum Gasteiger partial charge on any atom is -0.497 e. The highest BCUT2D eigenvalue weighted by Crippen LogP contribution is 2.28. The van der Waals surface area contributed by atoms with Crippen LogP contribution in [0.3, 0.4) is 0 Å². The first-order valence-electron chi connectivity index (χ1n) is 7.42. The van der Waals surface area contributed by atoms with Crippen LogP contribution in [0.4, 0.5) is 0 Å². The maximum atomic E-state index is 11.0. The Hall–Kier alpha value is -2.82. The maximum absolute atomic E-state index is 11.0. The number of nitrogens with zero attached hydrogens (tertiary/aromatic N) is 2. The Labute approximate surface area is 134 Å². The van der Waals surface area contributed by atoms with Gasteiger partial charge in [0.15, 0.2) is 0 Å². The van der Waals surface area contributed by atoms with E-state index in [2.05, 4.69) is 0 Å². The van der Waals surface area contributed by atoms with Crippen LogP contribution in [0.25, 0.3) is 16.9 Å². The van der Waals surface area contributed by atoms with Gasteiger partial charge in [-0.3, -0.25) is 4.79 Å². The minimum atomic E-state index is -0.816. The summed E-state index contributed by atoms with van der Waals surface area (Å²) in [5.41, 5.74) is 4.54. The van der Waals surface area contributed by atoms with Crippen LogP contribution in [0.15, 0.2) is 42.6 Å². The number of carboxylic acid groups (broad SMARTS) is 1. The summed E-state index contributed by atoms with van der Waals surface area (Å²) in [6.07, 6.45) is 2.48. The van der Waals surface area contributed by atoms with Gasteiger partial charge in [-0.2, -0.15) is 0 Å². The number of methoxy groups -OCH3 is 1. The molecular weight excluding hydrogens is 292 g/mol. The highest BCUT2D eigenvalue weighted by atomic mass is 16.5. The molecule has 2 aromatic heterocycles. The first kappa shape index (κ1) is 15.1. The van der Waals surface area contributed by atoms with Crippen LogP contribution in [0.5, 0.6) is 5.75 Å². The third-order valence-corrected chi connectivity index (χ3v) is 3.78. The molecule has 0 atom stereocenters. The number of aryl methyl sites for hydroxylation is 2. The van der Waals surface area contributed by atoms with E-state index in [9.17, 15) is 4.79 Å². The number of hydrogen-bond donors (Lipinski definition) is 1. The number of carbonyl (C=O) groups is 1. The van der Waals surface area contributed by atoms with Gasteiger partial charge >= 0.3 is 5.97 Å². The van der Waals surface area contributed by atoms with Crippen molar-refractivity contribution in [3.63, 3.8) is 0 Å². The number of aromatic nitrogens is 2. The van der Waals surface area contributed by atoms with Crippen LogP contribution < -0.4 is 4.74 Å². The molecule has 5 nitrogen and oxygen atoms in total. The molecule has 0 bridgehead atoms. The van der Waals surface area contributed by atoms with E-state index >= 15 is 0 Å². The second-order valence-electron chi connectivity index (χ2n) is 5.47. The van der Waals surface area contributed by atoms with Crippen molar-refractivity contribution in [2.75, 3.05) is 7.11 Å². The molecule has 23 heavy (non-hydrogen) atoms. The number of carboxylic acids is 1. The summed E-state index contributed by atoms with van der Waals surface area (Å²) in [6.45, 7) is 2.01. The van der Waals surface area contributed by atoms with Crippen molar-refractivity contribution >= 4 is 11.6 Å². The first-order valence-corrected chi connectivity index (χ1v) is 7.42. The van der Waals surface area contributed by atoms with E-state index in [0.717, 1.165) is 33.9 Å². The fourth-order valence-corrected chi connectivity index (χ4v) is 2.67. The highest BCUT2D eigenvalue weighted by Gasteiger charge is 2.15. The second kappa shape index (κ2) is 6.12. The zero-order valence-corrected chi connectivity index (χ0v) is 13.1. The monoisotopic (exact) mass is 310 g/mol. The number of rotatable bonds is 5. The Balaban J connectivity index is 2.17. The van der Waals surface area contributed by atoms with E-state index in [1.165, 1.54) is 0 Å². The maximum Gasteiger partial charge on any atom is 0.303 e. The smallest absolute Gasteiger partial charge is 0.303 e. The Morgan fingerprint density at radius 1 is 1.30 bits per heavy atom. The van der Waals surface area contributed by atoms with Crippen molar-refractivity contribution in [1.29, 1.82) is 0 Å². The van der Waals surface area contributed by atoms with Gasteiger partial charge in [-0.1, -0.05) is 18.2 Å². The molecule has 3 aromatic rings. The number of pyridine rings is 1. The lowest BCUT2D eigenvalue weighted by atomic mass is 10.1. The Bertz CT molecular complexity index is 868. The predicted molar refractivity (Wildman–Crippen MR) is 87.9 cm³/mol. The first-order chi connectivity index (χ1) is 11.1. The van der Waals surface area contributed by atoms with E-state index in [1.54, 1.807) is 7.11 Å². The Morgan fingerprint density at radius 2 is 2.13 bits per heavy atom. The number of hydrogen-bond acceptors (Lipinski definition) is 3. The van der Waals surface area contributed by atoms with Gasteiger partial charge in [0.2, 0.25) is 0 Å². The van der Waals surface area contributed by atoms with Crippen molar-refractivity contribution in [3.05, 3.63) is 53.9 Å². The van der Waals surface area contributed by atoms with Crippen molar-refractivity contribution in [2.45, 2.75) is 19.8 Å². The van der Waals surface area contributed by atoms with E-state index in [1.807, 2.05) is 53.9 Å². The molecule has 1 N–H and O–H groups in total. The second-order valence-corrected chi connectivity index (χ2v) is 5.47. The highest BCUT2D eigenvalue weighted by molar-refractivity contribution is 5.71. The summed E-state index contributed by atoms with van der Waals surface area (Å²) in [5, 5.41) is 9.03. The summed E-state index contributed by atoms with van der Waals surface area (Å²) in [7, 11) is 1.62. The van der Waals surface area contributed by atoms with Crippen molar-refractivity contribution < 1.29 is 14.6 Å². The van der Waals surface area contributed by atoms with Gasteiger partial charge in [-0.05, 0) is 30.7 Å². The van der Waals surface area contributed by atoms with Crippen LogP contribution in [-0.4, -0.2) is 27.6 Å². The minimum absolute atomic E-state index is 0.0682. The number of aliphatic carboxylic acids is 1. The van der Waals surface area contributed by atoms with Crippen LogP contribution in [-0.2, 0) is 11.2 Å². The molecule has 0 fully saturated rings. The molecule has 0 spiro atoms. The lowest BCUT2D eigenvalue weighted by Crippen LogP contribution is -2.02. The van der Waals surface area contributed by atoms with Gasteiger partial charge in [0.25, 0.3) is 0 Å². The molecule has 118 valence electrons. The Morgan fingerprint density at radius 3 is 2.87 bits per heavy atom. The number of ether oxygens (including phenoxy) is 1. The molecule has 0 aliphatic rings. The third kappa shape index (κ3) is 3.04. The number of fused-ring (bicyclic) bond motifs is 1. The van der Waals surface area contributed by atoms with Gasteiger partial charge in [0, 0.05) is 18.2 Å². The van der Waals surface area contributed by atoms with Crippen LogP contribution in [0.1, 0.15) is 17.7 Å². The zero-order chi connectivity index (χ0) is 16.4. The molecule has 1 aromatic carbocycles. The molecule has 0 saturated heterocycles. The average molecular weight is 310 g/mol. The van der Waals surface area contributed by atoms with Crippen molar-refractivity contribution in [1.82, 2.24) is 9.38 Å². The molecule has 3 rings (SSSR count). The van der Waals surface area contributed by atoms with Crippen LogP contribution >= 0.6 is 0 Å². The van der Waals surface area contributed by atoms with E-state index in [4.69, 9.17) is 14.8 Å². The van der Waals surface area contributed by atoms with Crippen molar-refractivity contribution in [3.8, 4) is 17.0 Å². The van der Waals surface area contributed by atoms with Crippen LogP contribution in [0.2, 0.25) is 0 Å². The fraction of sp³-hybridized carbons (Fsp3) is 0.222. The van der Waals surface area contributed by atoms with Crippen LogP contribution in [0, 0.1) is 6.92 Å². The molecule has 0 amide bonds. The molecular formula is C18H18N2O3. The van der Waals surface area contributed by atoms with Gasteiger partial charge in [-0.15, -0.1) is 0 Å². The summed E-state index contributed by atoms with van der Waals surface area (Å²) < 4.78 is 7.26. The zero-order valence-electron chi connectivity index (χ0n) is 13.1. The lowest BCUT2D eigenvalue weighted by molar-refractivity contribution is -0.136. The summed E-state index contributed by atoms with van der Waals surface area (Å²) in [4.78, 5) is 15.7. The van der Waals surface area contributed by atoms with E-state index in [0.29, 0.717) is 6.42 Å². The molecule has 0 radical (unpaired) electrons. The molecule has 0 aliphatic heterocycles. The normalized spacial score (nSPS) is 10.9. The average Bonchev–Trinajstić information content (AvgIpc) is 2.90. The third-order valence-electron chi connectivity index (χ3n) is 3.78. The fourth-order valence-electron chi connectivity index (χ4n) is 2.67. The van der Waals surface area contributed by atoms with Gasteiger partial charge < -0.3 is 14.2 Å². The number of imidazole rings is 1. The van der Waals surface area contributed by atoms with E-state index < -0.39 is 5.97 Å². The number of benzene rings is 1. The quantitative estimate of drug-likeness (QED) is 0.785. The predicted octanol–water partition coefficient (Wildman–Crippen LogP) is 3.34. The van der Waals surface area contributed by atoms with Crippen molar-refractivity contribution in [2.24, 2.45) is 0 Å². The molecule has 5 heteroatoms. The standard InChI is InChI=1S/C18H18N2O3/c1-12-6-8-16-19-18(13-4-3-5-14(10-13)23-2)15(20(16)11-12)7-9-17(21)22/h3-6,8,10-11H,7,9H2,1-2H3,(H,21,22). The Kier molecular flexibility index (Phi) is 4.02. The lowest BCUT2D eigenvalue weighted by Gasteiger charge is -2.06. The topological polar surface area (TPSA) is 63.8 Å². The van der Waals surface area contributed by atoms with Gasteiger partial charge in [-0.25, -0.2) is 4.98 Å². The summed E-state index contributed by atoms with van der Waals surface area (Å²) in [6, 6.07) is 11.6. The molecule has 0 saturated carbocycles. The van der Waals surface area contributed by atoms with Gasteiger partial charge in [0.05, 0.1) is 24.9 Å². The molecule has 0 unspecified atom stereocenters. The summed E-state index contributed by atoms with van der Waals surface area (Å²) in [5.74, 6) is -0.0656. The summed E-state index contributed by atoms with van der Waals surface area (Å²) >= 11 is 0. The largest absolute Gasteiger partial charge is 0.497 e. The van der Waals surface area contributed by atoms with Gasteiger partial charge in [0.1, 0.15) is 11.4 Å². The molecule has 2 heterocycles. The molecule has 0 aliphatic carbocycles.